The van der Waals surface area contributed by atoms with Crippen molar-refractivity contribution in [2.24, 2.45) is 10.9 Å². The van der Waals surface area contributed by atoms with Crippen LogP contribution in [0.2, 0.25) is 0 Å². The van der Waals surface area contributed by atoms with E-state index in [0.717, 1.165) is 85.3 Å². The number of nitrogens with one attached hydrogen (secondary N) is 2. The molecule has 7 heterocycles. The Bertz CT molecular complexity index is 1310. The minimum atomic E-state index is 0.127. The molecule has 0 amide bonds. The summed E-state index contributed by atoms with van der Waals surface area (Å²) < 4.78 is 5.91. The van der Waals surface area contributed by atoms with Gasteiger partial charge in [0.05, 0.1) is 17.3 Å². The molecule has 1 spiro atoms. The molecule has 33 heavy (non-hydrogen) atoms. The molecule has 8 rings (SSSR count). The quantitative estimate of drug-likeness (QED) is 0.635. The fraction of sp³-hybridized carbons (Fsp3) is 0.520. The monoisotopic (exact) mass is 441 g/mol. The number of piperazine rings is 1. The van der Waals surface area contributed by atoms with Gasteiger partial charge in [-0.25, -0.2) is 15.0 Å². The van der Waals surface area contributed by atoms with E-state index in [1.165, 1.54) is 18.4 Å². The second-order valence-electron chi connectivity index (χ2n) is 10.2. The van der Waals surface area contributed by atoms with Crippen LogP contribution in [0, 0.1) is 5.92 Å². The first-order chi connectivity index (χ1) is 16.3. The van der Waals surface area contributed by atoms with Crippen molar-refractivity contribution in [3.05, 3.63) is 35.3 Å². The van der Waals surface area contributed by atoms with Crippen LogP contribution in [-0.4, -0.2) is 64.5 Å². The largest absolute Gasteiger partial charge is 0.372 e. The maximum Gasteiger partial charge on any atom is 0.163 e. The molecule has 8 heteroatoms. The molecule has 2 saturated heterocycles. The normalized spacial score (nSPS) is 31.8. The summed E-state index contributed by atoms with van der Waals surface area (Å²) in [6, 6.07) is 4.23. The lowest BCUT2D eigenvalue weighted by Gasteiger charge is -2.64. The van der Waals surface area contributed by atoms with Crippen LogP contribution < -0.4 is 10.2 Å². The van der Waals surface area contributed by atoms with Gasteiger partial charge in [0, 0.05) is 73.3 Å². The fourth-order valence-electron chi connectivity index (χ4n) is 7.07. The number of anilines is 1. The van der Waals surface area contributed by atoms with Gasteiger partial charge >= 0.3 is 0 Å². The van der Waals surface area contributed by atoms with Gasteiger partial charge in [-0.2, -0.15) is 0 Å². The Balaban J connectivity index is 1.32. The van der Waals surface area contributed by atoms with Crippen LogP contribution in [0.4, 0.5) is 5.82 Å². The zero-order valence-electron chi connectivity index (χ0n) is 18.5. The van der Waals surface area contributed by atoms with E-state index in [4.69, 9.17) is 19.7 Å². The lowest BCUT2D eigenvalue weighted by Crippen LogP contribution is -2.73. The van der Waals surface area contributed by atoms with Crippen molar-refractivity contribution in [1.82, 2.24) is 25.3 Å². The summed E-state index contributed by atoms with van der Waals surface area (Å²) in [6.45, 7) is 4.75. The number of rotatable bonds is 2. The van der Waals surface area contributed by atoms with Crippen LogP contribution in [0.25, 0.3) is 22.4 Å². The van der Waals surface area contributed by atoms with Crippen molar-refractivity contribution in [2.45, 2.75) is 43.2 Å². The number of aromatic amines is 1. The smallest absolute Gasteiger partial charge is 0.163 e. The van der Waals surface area contributed by atoms with E-state index in [-0.39, 0.29) is 11.6 Å². The molecule has 0 radical (unpaired) electrons. The molecule has 1 saturated carbocycles. The maximum atomic E-state index is 5.91. The molecule has 4 aliphatic heterocycles. The van der Waals surface area contributed by atoms with Crippen LogP contribution >= 0.6 is 0 Å². The van der Waals surface area contributed by atoms with Gasteiger partial charge in [0.15, 0.2) is 5.82 Å². The number of H-pyrrole nitrogens is 1. The Kier molecular flexibility index (Phi) is 3.72. The van der Waals surface area contributed by atoms with Gasteiger partial charge in [-0.1, -0.05) is 0 Å². The van der Waals surface area contributed by atoms with Crippen molar-refractivity contribution in [3.8, 4) is 11.4 Å². The number of hydrogen-bond donors (Lipinski definition) is 2. The lowest BCUT2D eigenvalue weighted by atomic mass is 9.55. The molecule has 4 unspecified atom stereocenters. The van der Waals surface area contributed by atoms with Crippen molar-refractivity contribution >= 4 is 23.1 Å². The molecule has 0 aromatic carbocycles. The standard InChI is InChI=1S/C25H27N7O/c1-2-20(33-9-1)18-10-15-14(4-6-28-22(15)29-18)23-30-19-12-27-11-16-17-3-5-25(17)13-26-7-8-32(25)24(31-23)21(16)19/h4,6,10,12,16-17,20,26H,1-3,5,7-9,11,13H2,(H,28,29). The summed E-state index contributed by atoms with van der Waals surface area (Å²) in [5.74, 6) is 3.00. The topological polar surface area (TPSA) is 91.3 Å². The second kappa shape index (κ2) is 6.61. The molecule has 3 fully saturated rings. The summed E-state index contributed by atoms with van der Waals surface area (Å²) in [5.41, 5.74) is 5.52. The lowest BCUT2D eigenvalue weighted by molar-refractivity contribution is 0.0652. The molecule has 2 N–H and O–H groups in total. The average Bonchev–Trinajstić information content (AvgIpc) is 3.52. The van der Waals surface area contributed by atoms with Crippen LogP contribution in [-0.2, 0) is 4.74 Å². The van der Waals surface area contributed by atoms with Gasteiger partial charge < -0.3 is 19.9 Å². The number of fused-ring (bicyclic) bond motifs is 3. The zero-order valence-corrected chi connectivity index (χ0v) is 18.5. The number of ether oxygens (including phenoxy) is 1. The highest BCUT2D eigenvalue weighted by atomic mass is 16.5. The highest BCUT2D eigenvalue weighted by Crippen LogP contribution is 2.58. The maximum absolute atomic E-state index is 5.91. The zero-order chi connectivity index (χ0) is 21.6. The van der Waals surface area contributed by atoms with E-state index in [9.17, 15) is 0 Å². The molecular formula is C25H27N7O. The van der Waals surface area contributed by atoms with Gasteiger partial charge in [0.1, 0.15) is 11.5 Å². The molecule has 4 atom stereocenters. The van der Waals surface area contributed by atoms with Crippen molar-refractivity contribution in [2.75, 3.05) is 37.7 Å². The summed E-state index contributed by atoms with van der Waals surface area (Å²) in [6.07, 6.45) is 8.62. The molecule has 0 bridgehead atoms. The van der Waals surface area contributed by atoms with Gasteiger partial charge in [-0.15, -0.1) is 0 Å². The second-order valence-corrected chi connectivity index (χ2v) is 10.2. The number of aliphatic imine (C=N–C) groups is 1. The third-order valence-electron chi connectivity index (χ3n) is 8.71. The van der Waals surface area contributed by atoms with Gasteiger partial charge in [-0.3, -0.25) is 4.99 Å². The van der Waals surface area contributed by atoms with Crippen LogP contribution in [0.15, 0.2) is 23.3 Å². The average molecular weight is 442 g/mol. The third-order valence-corrected chi connectivity index (χ3v) is 8.71. The number of pyridine rings is 1. The van der Waals surface area contributed by atoms with Crippen molar-refractivity contribution < 1.29 is 4.74 Å². The SMILES string of the molecule is C1=NCC2c3c1nc(-c1ccnc4[nH]c(C5CCCO5)cc14)nc3N1CCNCC13CCC23. The molecule has 5 aliphatic rings. The first-order valence-corrected chi connectivity index (χ1v) is 12.3. The van der Waals surface area contributed by atoms with Gasteiger partial charge in [0.25, 0.3) is 0 Å². The van der Waals surface area contributed by atoms with Crippen LogP contribution in [0.1, 0.15) is 54.7 Å². The van der Waals surface area contributed by atoms with E-state index in [1.807, 2.05) is 18.5 Å². The Morgan fingerprint density at radius 3 is 3.09 bits per heavy atom. The summed E-state index contributed by atoms with van der Waals surface area (Å²) in [7, 11) is 0. The van der Waals surface area contributed by atoms with Gasteiger partial charge in [-0.05, 0) is 43.7 Å². The highest BCUT2D eigenvalue weighted by molar-refractivity contribution is 5.93. The number of hydrogen-bond acceptors (Lipinski definition) is 7. The Hall–Kier alpha value is -2.84. The van der Waals surface area contributed by atoms with E-state index < -0.39 is 0 Å². The molecule has 168 valence electrons. The van der Waals surface area contributed by atoms with E-state index in [2.05, 4.69) is 26.3 Å². The van der Waals surface area contributed by atoms with Crippen LogP contribution in [0.5, 0.6) is 0 Å². The first-order valence-electron chi connectivity index (χ1n) is 12.3. The summed E-state index contributed by atoms with van der Waals surface area (Å²) >= 11 is 0. The molecule has 3 aromatic heterocycles. The van der Waals surface area contributed by atoms with Crippen molar-refractivity contribution in [1.29, 1.82) is 0 Å². The predicted molar refractivity (Wildman–Crippen MR) is 126 cm³/mol. The molecule has 3 aromatic rings. The van der Waals surface area contributed by atoms with E-state index >= 15 is 0 Å². The molecule has 8 nitrogen and oxygen atoms in total. The molecular weight excluding hydrogens is 414 g/mol. The summed E-state index contributed by atoms with van der Waals surface area (Å²) in [5, 5.41) is 4.73. The predicted octanol–water partition coefficient (Wildman–Crippen LogP) is 2.96. The van der Waals surface area contributed by atoms with Crippen LogP contribution in [0.3, 0.4) is 0 Å². The Labute approximate surface area is 191 Å². The van der Waals surface area contributed by atoms with E-state index in [1.54, 1.807) is 0 Å². The minimum Gasteiger partial charge on any atom is -0.372 e. The number of aromatic nitrogens is 4. The first kappa shape index (κ1) is 18.6. The molecule has 1 aliphatic carbocycles. The number of nitrogens with zero attached hydrogens (tertiary/aromatic N) is 5. The van der Waals surface area contributed by atoms with Gasteiger partial charge in [0.2, 0.25) is 0 Å². The third kappa shape index (κ3) is 2.43. The Morgan fingerprint density at radius 2 is 2.21 bits per heavy atom. The van der Waals surface area contributed by atoms with Crippen molar-refractivity contribution in [3.63, 3.8) is 0 Å². The van der Waals surface area contributed by atoms with E-state index in [0.29, 0.717) is 11.8 Å². The minimum absolute atomic E-state index is 0.127. The fourth-order valence-corrected chi connectivity index (χ4v) is 7.07. The summed E-state index contributed by atoms with van der Waals surface area (Å²) in [4.78, 5) is 25.8. The Morgan fingerprint density at radius 1 is 1.21 bits per heavy atom. The highest BCUT2D eigenvalue weighted by Gasteiger charge is 2.59.